The molecule has 0 unspecified atom stereocenters. The number of ether oxygens (including phenoxy) is 5. The van der Waals surface area contributed by atoms with Crippen molar-refractivity contribution in [3.63, 3.8) is 0 Å². The number of carboxylic acid groups (broad SMARTS) is 1. The average molecular weight is 664 g/mol. The van der Waals surface area contributed by atoms with Gasteiger partial charge in [-0.25, -0.2) is 19.6 Å². The molecule has 15 heteroatoms. The Morgan fingerprint density at radius 3 is 2.15 bits per heavy atom. The molecule has 2 aromatic rings. The third kappa shape index (κ3) is 14.7. The molecule has 1 aromatic carbocycles. The lowest BCUT2D eigenvalue weighted by Gasteiger charge is -2.40. The highest BCUT2D eigenvalue weighted by Gasteiger charge is 2.33. The van der Waals surface area contributed by atoms with Gasteiger partial charge in [0.2, 0.25) is 5.91 Å². The molecule has 3 N–H and O–H groups in total. The summed E-state index contributed by atoms with van der Waals surface area (Å²) in [5, 5.41) is 15.0. The predicted molar refractivity (Wildman–Crippen MR) is 171 cm³/mol. The zero-order valence-electron chi connectivity index (χ0n) is 26.9. The van der Waals surface area contributed by atoms with Gasteiger partial charge in [-0.3, -0.25) is 4.79 Å². The normalized spacial score (nSPS) is 14.5. The summed E-state index contributed by atoms with van der Waals surface area (Å²) in [4.78, 5) is 47.1. The Bertz CT molecular complexity index is 1250. The molecule has 46 heavy (non-hydrogen) atoms. The van der Waals surface area contributed by atoms with Gasteiger partial charge in [-0.2, -0.15) is 0 Å². The number of benzene rings is 1. The molecule has 0 aliphatic carbocycles. The largest absolute Gasteiger partial charge is 0.480 e. The summed E-state index contributed by atoms with van der Waals surface area (Å²) in [5.74, 6) is -0.521. The second-order valence-electron chi connectivity index (χ2n) is 11.8. The summed E-state index contributed by atoms with van der Waals surface area (Å²) in [6.45, 7) is 10.3. The molecular weight excluding hydrogens is 618 g/mol. The number of hydrogen-bond donors (Lipinski definition) is 3. The summed E-state index contributed by atoms with van der Waals surface area (Å²) in [6.07, 6.45) is 4.60. The number of hydrogen-bond acceptors (Lipinski definition) is 12. The molecule has 2 amide bonds. The molecule has 0 radical (unpaired) electrons. The van der Waals surface area contributed by atoms with Crippen molar-refractivity contribution >= 4 is 41.2 Å². The monoisotopic (exact) mass is 663 g/mol. The van der Waals surface area contributed by atoms with Crippen molar-refractivity contribution in [1.82, 2.24) is 15.3 Å². The first-order valence-electron chi connectivity index (χ1n) is 15.1. The zero-order valence-corrected chi connectivity index (χ0v) is 27.7. The molecule has 1 fully saturated rings. The van der Waals surface area contributed by atoms with Crippen LogP contribution in [-0.4, -0.2) is 110 Å². The first kappa shape index (κ1) is 37.0. The third-order valence-corrected chi connectivity index (χ3v) is 7.43. The Morgan fingerprint density at radius 1 is 0.935 bits per heavy atom. The maximum Gasteiger partial charge on any atom is 0.408 e. The molecule has 1 saturated heterocycles. The van der Waals surface area contributed by atoms with Gasteiger partial charge >= 0.3 is 12.1 Å². The van der Waals surface area contributed by atoms with Crippen molar-refractivity contribution in [3.05, 3.63) is 36.7 Å². The van der Waals surface area contributed by atoms with Crippen LogP contribution in [0, 0.1) is 0 Å². The van der Waals surface area contributed by atoms with E-state index in [0.29, 0.717) is 25.5 Å². The van der Waals surface area contributed by atoms with Gasteiger partial charge in [-0.15, -0.1) is 0 Å². The van der Waals surface area contributed by atoms with E-state index < -0.39 is 17.7 Å². The number of rotatable bonds is 18. The van der Waals surface area contributed by atoms with E-state index in [1.54, 1.807) is 18.5 Å². The topological polar surface area (TPSA) is 171 Å². The van der Waals surface area contributed by atoms with Crippen LogP contribution in [-0.2, 0) is 33.3 Å². The second kappa shape index (κ2) is 18.6. The highest BCUT2D eigenvalue weighted by molar-refractivity contribution is 7.99. The Balaban J connectivity index is 1.32. The molecule has 0 spiro atoms. The maximum absolute atomic E-state index is 12.3. The fourth-order valence-corrected chi connectivity index (χ4v) is 5.05. The van der Waals surface area contributed by atoms with Crippen molar-refractivity contribution in [2.45, 2.75) is 61.6 Å². The van der Waals surface area contributed by atoms with Gasteiger partial charge in [0.25, 0.3) is 0 Å². The summed E-state index contributed by atoms with van der Waals surface area (Å²) in [7, 11) is 0. The van der Waals surface area contributed by atoms with Crippen molar-refractivity contribution < 1.29 is 43.2 Å². The van der Waals surface area contributed by atoms with Gasteiger partial charge < -0.3 is 44.3 Å². The zero-order chi connectivity index (χ0) is 33.4. The fraction of sp³-hybridized carbons (Fsp3) is 0.581. The predicted octanol–water partition coefficient (Wildman–Crippen LogP) is 3.60. The lowest BCUT2D eigenvalue weighted by Crippen LogP contribution is -2.54. The lowest BCUT2D eigenvalue weighted by atomic mass is 9.90. The third-order valence-electron chi connectivity index (χ3n) is 6.52. The molecule has 2 heterocycles. The number of aromatic nitrogens is 2. The minimum Gasteiger partial charge on any atom is -0.480 e. The molecule has 14 nitrogen and oxygen atoms in total. The van der Waals surface area contributed by atoms with E-state index in [1.807, 2.05) is 45.9 Å². The standard InChI is InChI=1S/C31H45N5O9S/c1-30(2,3)45-29(40)35-31(4)8-10-36(11-9-31)25-19-33-27(20-32-25)46-24-7-5-6-23(18-24)34-26(37)21-43-16-14-41-12-13-42-15-17-44-22-28(38)39/h5-7,18-20H,8-17,21-22H2,1-4H3,(H,34,37)(H,35,40)(H,38,39). The summed E-state index contributed by atoms with van der Waals surface area (Å²) < 4.78 is 26.3. The van der Waals surface area contributed by atoms with Crippen LogP contribution in [0.3, 0.4) is 0 Å². The van der Waals surface area contributed by atoms with E-state index in [9.17, 15) is 14.4 Å². The molecule has 254 valence electrons. The van der Waals surface area contributed by atoms with Gasteiger partial charge in [0, 0.05) is 29.2 Å². The number of carboxylic acids is 1. The number of carbonyl (C=O) groups is 3. The van der Waals surface area contributed by atoms with E-state index in [4.69, 9.17) is 28.8 Å². The Labute approximate surface area is 273 Å². The number of nitrogens with one attached hydrogen (secondary N) is 2. The minimum atomic E-state index is -1.02. The van der Waals surface area contributed by atoms with Crippen molar-refractivity contribution in [2.75, 3.05) is 76.2 Å². The van der Waals surface area contributed by atoms with Crippen LogP contribution in [0.1, 0.15) is 40.5 Å². The van der Waals surface area contributed by atoms with Crippen LogP contribution in [0.5, 0.6) is 0 Å². The Kier molecular flexibility index (Phi) is 14.9. The summed E-state index contributed by atoms with van der Waals surface area (Å²) in [6, 6.07) is 7.44. The van der Waals surface area contributed by atoms with Crippen LogP contribution in [0.4, 0.5) is 16.3 Å². The number of alkyl carbamates (subject to hydrolysis) is 1. The van der Waals surface area contributed by atoms with E-state index in [-0.39, 0.29) is 44.5 Å². The SMILES string of the molecule is CC1(NC(=O)OC(C)(C)C)CCN(c2cnc(Sc3cccc(NC(=O)COCCOCCOCCOCC(=O)O)c3)cn2)CC1. The van der Waals surface area contributed by atoms with E-state index in [2.05, 4.69) is 25.5 Å². The van der Waals surface area contributed by atoms with Crippen LogP contribution < -0.4 is 15.5 Å². The minimum absolute atomic E-state index is 0.113. The van der Waals surface area contributed by atoms with Crippen LogP contribution >= 0.6 is 11.8 Å². The Morgan fingerprint density at radius 2 is 1.57 bits per heavy atom. The lowest BCUT2D eigenvalue weighted by molar-refractivity contribution is -0.142. The molecule has 0 atom stereocenters. The first-order chi connectivity index (χ1) is 21.9. The second-order valence-corrected chi connectivity index (χ2v) is 12.9. The molecule has 0 bridgehead atoms. The van der Waals surface area contributed by atoms with Crippen LogP contribution in [0.2, 0.25) is 0 Å². The van der Waals surface area contributed by atoms with Crippen LogP contribution in [0.15, 0.2) is 46.6 Å². The van der Waals surface area contributed by atoms with Crippen LogP contribution in [0.25, 0.3) is 0 Å². The molecular formula is C31H45N5O9S. The quantitative estimate of drug-likeness (QED) is 0.198. The van der Waals surface area contributed by atoms with Gasteiger partial charge in [-0.05, 0) is 58.7 Å². The number of amides is 2. The van der Waals surface area contributed by atoms with Gasteiger partial charge in [-0.1, -0.05) is 17.8 Å². The summed E-state index contributed by atoms with van der Waals surface area (Å²) >= 11 is 1.44. The summed E-state index contributed by atoms with van der Waals surface area (Å²) in [5.41, 5.74) is -0.245. The molecule has 1 aliphatic heterocycles. The number of aliphatic carboxylic acids is 1. The van der Waals surface area contributed by atoms with E-state index in [0.717, 1.165) is 41.7 Å². The van der Waals surface area contributed by atoms with Gasteiger partial charge in [0.15, 0.2) is 0 Å². The average Bonchev–Trinajstić information content (AvgIpc) is 2.97. The fourth-order valence-electron chi connectivity index (χ4n) is 4.27. The smallest absolute Gasteiger partial charge is 0.408 e. The number of anilines is 2. The van der Waals surface area contributed by atoms with E-state index in [1.165, 1.54) is 11.8 Å². The van der Waals surface area contributed by atoms with Gasteiger partial charge in [0.1, 0.15) is 29.7 Å². The van der Waals surface area contributed by atoms with Crippen molar-refractivity contribution in [1.29, 1.82) is 0 Å². The van der Waals surface area contributed by atoms with Crippen molar-refractivity contribution in [2.24, 2.45) is 0 Å². The Hall–Kier alpha value is -3.50. The van der Waals surface area contributed by atoms with E-state index >= 15 is 0 Å². The molecule has 1 aromatic heterocycles. The number of nitrogens with zero attached hydrogens (tertiary/aromatic N) is 3. The highest BCUT2D eigenvalue weighted by atomic mass is 32.2. The van der Waals surface area contributed by atoms with Crippen molar-refractivity contribution in [3.8, 4) is 0 Å². The first-order valence-corrected chi connectivity index (χ1v) is 15.9. The number of piperidine rings is 1. The molecule has 3 rings (SSSR count). The van der Waals surface area contributed by atoms with Gasteiger partial charge in [0.05, 0.1) is 52.0 Å². The highest BCUT2D eigenvalue weighted by Crippen LogP contribution is 2.29. The number of carbonyl (C=O) groups excluding carboxylic acids is 2. The maximum atomic E-state index is 12.3. The molecule has 0 saturated carbocycles. The molecule has 1 aliphatic rings.